The Balaban J connectivity index is 2.48. The first-order valence-electron chi connectivity index (χ1n) is 6.31. The van der Waals surface area contributed by atoms with Crippen molar-refractivity contribution >= 4 is 5.97 Å². The molecule has 0 aromatic carbocycles. The highest BCUT2D eigenvalue weighted by Gasteiger charge is 2.11. The van der Waals surface area contributed by atoms with Crippen LogP contribution in [0, 0.1) is 0 Å². The van der Waals surface area contributed by atoms with Crippen molar-refractivity contribution in [1.29, 1.82) is 0 Å². The number of aromatic nitrogens is 3. The van der Waals surface area contributed by atoms with Crippen molar-refractivity contribution < 1.29 is 9.90 Å². The Bertz CT molecular complexity index is 602. The van der Waals surface area contributed by atoms with Gasteiger partial charge in [-0.25, -0.2) is 14.5 Å². The Morgan fingerprint density at radius 2 is 2.16 bits per heavy atom. The Hall–Kier alpha value is -2.17. The molecule has 2 rings (SSSR count). The standard InChI is InChI=1S/C14H17N3O2/c1-4-11-7-10(14(18)19)8-13(15-11)17-6-5-12(16-17)9(2)3/h5-9H,4H2,1-3H3,(H,18,19). The fraction of sp³-hybridized carbons (Fsp3) is 0.357. The number of aromatic carboxylic acids is 1. The second-order valence-corrected chi connectivity index (χ2v) is 4.70. The zero-order chi connectivity index (χ0) is 14.0. The van der Waals surface area contributed by atoms with E-state index in [-0.39, 0.29) is 5.56 Å². The van der Waals surface area contributed by atoms with Gasteiger partial charge in [-0.15, -0.1) is 0 Å². The minimum Gasteiger partial charge on any atom is -0.478 e. The molecule has 2 aromatic rings. The van der Waals surface area contributed by atoms with E-state index in [1.54, 1.807) is 16.8 Å². The van der Waals surface area contributed by atoms with E-state index in [9.17, 15) is 4.79 Å². The molecule has 5 heteroatoms. The van der Waals surface area contributed by atoms with Crippen LogP contribution in [-0.2, 0) is 6.42 Å². The van der Waals surface area contributed by atoms with Crippen molar-refractivity contribution in [2.45, 2.75) is 33.1 Å². The number of carbonyl (C=O) groups is 1. The predicted molar refractivity (Wildman–Crippen MR) is 71.8 cm³/mol. The van der Waals surface area contributed by atoms with Crippen LogP contribution in [0.4, 0.5) is 0 Å². The Morgan fingerprint density at radius 3 is 2.68 bits per heavy atom. The summed E-state index contributed by atoms with van der Waals surface area (Å²) in [6.45, 7) is 6.07. The van der Waals surface area contributed by atoms with Crippen LogP contribution in [0.3, 0.4) is 0 Å². The molecule has 0 unspecified atom stereocenters. The third kappa shape index (κ3) is 2.81. The van der Waals surface area contributed by atoms with Gasteiger partial charge in [0.2, 0.25) is 0 Å². The molecule has 0 atom stereocenters. The smallest absolute Gasteiger partial charge is 0.335 e. The fourth-order valence-electron chi connectivity index (χ4n) is 1.77. The molecule has 0 aliphatic heterocycles. The largest absolute Gasteiger partial charge is 0.478 e. The summed E-state index contributed by atoms with van der Waals surface area (Å²) in [6, 6.07) is 5.06. The number of nitrogens with zero attached hydrogens (tertiary/aromatic N) is 3. The molecule has 0 saturated carbocycles. The average molecular weight is 259 g/mol. The first-order chi connectivity index (χ1) is 9.01. The number of rotatable bonds is 4. The minimum absolute atomic E-state index is 0.239. The number of hydrogen-bond acceptors (Lipinski definition) is 3. The lowest BCUT2D eigenvalue weighted by atomic mass is 10.1. The summed E-state index contributed by atoms with van der Waals surface area (Å²) >= 11 is 0. The van der Waals surface area contributed by atoms with Crippen LogP contribution in [0.25, 0.3) is 5.82 Å². The summed E-state index contributed by atoms with van der Waals surface area (Å²) in [7, 11) is 0. The van der Waals surface area contributed by atoms with Crippen LogP contribution in [-0.4, -0.2) is 25.8 Å². The number of aryl methyl sites for hydroxylation is 1. The van der Waals surface area contributed by atoms with Gasteiger partial charge >= 0.3 is 5.97 Å². The second kappa shape index (κ2) is 5.22. The average Bonchev–Trinajstić information content (AvgIpc) is 2.87. The minimum atomic E-state index is -0.949. The maximum absolute atomic E-state index is 11.1. The van der Waals surface area contributed by atoms with Crippen molar-refractivity contribution in [1.82, 2.24) is 14.8 Å². The summed E-state index contributed by atoms with van der Waals surface area (Å²) in [6.07, 6.45) is 2.50. The molecule has 0 aliphatic carbocycles. The quantitative estimate of drug-likeness (QED) is 0.916. The van der Waals surface area contributed by atoms with Gasteiger partial charge in [0.25, 0.3) is 0 Å². The van der Waals surface area contributed by atoms with Crippen molar-refractivity contribution in [3.8, 4) is 5.82 Å². The zero-order valence-corrected chi connectivity index (χ0v) is 11.3. The molecule has 0 spiro atoms. The highest BCUT2D eigenvalue weighted by atomic mass is 16.4. The summed E-state index contributed by atoms with van der Waals surface area (Å²) in [5, 5.41) is 13.5. The fourth-order valence-corrected chi connectivity index (χ4v) is 1.77. The van der Waals surface area contributed by atoms with Gasteiger partial charge in [-0.2, -0.15) is 5.10 Å². The molecule has 2 aromatic heterocycles. The first kappa shape index (κ1) is 13.3. The second-order valence-electron chi connectivity index (χ2n) is 4.70. The molecule has 0 radical (unpaired) electrons. The molecule has 0 saturated heterocycles. The van der Waals surface area contributed by atoms with E-state index in [1.807, 2.05) is 19.2 Å². The van der Waals surface area contributed by atoms with Gasteiger partial charge in [-0.3, -0.25) is 0 Å². The third-order valence-corrected chi connectivity index (χ3v) is 2.91. The van der Waals surface area contributed by atoms with E-state index in [4.69, 9.17) is 5.11 Å². The monoisotopic (exact) mass is 259 g/mol. The predicted octanol–water partition coefficient (Wildman–Crippen LogP) is 2.65. The van der Waals surface area contributed by atoms with Gasteiger partial charge in [0, 0.05) is 11.9 Å². The molecule has 0 bridgehead atoms. The van der Waals surface area contributed by atoms with Gasteiger partial charge in [0.05, 0.1) is 11.3 Å². The van der Waals surface area contributed by atoms with Crippen LogP contribution < -0.4 is 0 Å². The number of hydrogen-bond donors (Lipinski definition) is 1. The SMILES string of the molecule is CCc1cc(C(=O)O)cc(-n2ccc(C(C)C)n2)n1. The van der Waals surface area contributed by atoms with Crippen molar-refractivity contribution in [3.05, 3.63) is 41.3 Å². The number of carboxylic acid groups (broad SMARTS) is 1. The topological polar surface area (TPSA) is 68.0 Å². The van der Waals surface area contributed by atoms with Crippen molar-refractivity contribution in [3.63, 3.8) is 0 Å². The Morgan fingerprint density at radius 1 is 1.42 bits per heavy atom. The maximum Gasteiger partial charge on any atom is 0.335 e. The van der Waals surface area contributed by atoms with E-state index in [0.717, 1.165) is 11.4 Å². The molecule has 5 nitrogen and oxygen atoms in total. The van der Waals surface area contributed by atoms with Crippen molar-refractivity contribution in [2.24, 2.45) is 0 Å². The van der Waals surface area contributed by atoms with E-state index in [0.29, 0.717) is 18.2 Å². The number of pyridine rings is 1. The number of carboxylic acids is 1. The van der Waals surface area contributed by atoms with Crippen LogP contribution in [0.2, 0.25) is 0 Å². The van der Waals surface area contributed by atoms with Gasteiger partial charge in [0.1, 0.15) is 0 Å². The Labute approximate surface area is 111 Å². The molecule has 19 heavy (non-hydrogen) atoms. The summed E-state index contributed by atoms with van der Waals surface area (Å²) in [5.41, 5.74) is 1.94. The van der Waals surface area contributed by atoms with Crippen molar-refractivity contribution in [2.75, 3.05) is 0 Å². The highest BCUT2D eigenvalue weighted by molar-refractivity contribution is 5.88. The van der Waals surface area contributed by atoms with Crippen LogP contribution in [0.5, 0.6) is 0 Å². The van der Waals surface area contributed by atoms with Crippen LogP contribution in [0.1, 0.15) is 48.4 Å². The molecule has 2 heterocycles. The first-order valence-corrected chi connectivity index (χ1v) is 6.31. The molecule has 1 N–H and O–H groups in total. The molecule has 0 amide bonds. The summed E-state index contributed by atoms with van der Waals surface area (Å²) in [5.74, 6) is -0.0761. The lowest BCUT2D eigenvalue weighted by Crippen LogP contribution is -2.06. The van der Waals surface area contributed by atoms with Gasteiger partial charge in [-0.1, -0.05) is 20.8 Å². The van der Waals surface area contributed by atoms with Gasteiger partial charge < -0.3 is 5.11 Å². The zero-order valence-electron chi connectivity index (χ0n) is 11.3. The molecule has 0 fully saturated rings. The summed E-state index contributed by atoms with van der Waals surface area (Å²) < 4.78 is 1.63. The van der Waals surface area contributed by atoms with Gasteiger partial charge in [0.15, 0.2) is 5.82 Å². The highest BCUT2D eigenvalue weighted by Crippen LogP contribution is 2.15. The van der Waals surface area contributed by atoms with E-state index in [2.05, 4.69) is 23.9 Å². The summed E-state index contributed by atoms with van der Waals surface area (Å²) in [4.78, 5) is 15.5. The molecular weight excluding hydrogens is 242 g/mol. The van der Waals surface area contributed by atoms with E-state index < -0.39 is 5.97 Å². The Kier molecular flexibility index (Phi) is 3.64. The lowest BCUT2D eigenvalue weighted by Gasteiger charge is -2.06. The molecule has 100 valence electrons. The van der Waals surface area contributed by atoms with Crippen LogP contribution >= 0.6 is 0 Å². The molecular formula is C14H17N3O2. The van der Waals surface area contributed by atoms with Gasteiger partial charge in [-0.05, 0) is 30.5 Å². The third-order valence-electron chi connectivity index (χ3n) is 2.91. The van der Waals surface area contributed by atoms with Crippen LogP contribution in [0.15, 0.2) is 24.4 Å². The van der Waals surface area contributed by atoms with E-state index >= 15 is 0 Å². The van der Waals surface area contributed by atoms with E-state index in [1.165, 1.54) is 0 Å². The normalized spacial score (nSPS) is 10.9. The maximum atomic E-state index is 11.1. The lowest BCUT2D eigenvalue weighted by molar-refractivity contribution is 0.0696. The molecule has 0 aliphatic rings.